The van der Waals surface area contributed by atoms with Gasteiger partial charge in [0, 0.05) is 0 Å². The Kier molecular flexibility index (Phi) is 1.85. The van der Waals surface area contributed by atoms with Crippen molar-refractivity contribution in [3.05, 3.63) is 47.5 Å². The van der Waals surface area contributed by atoms with Gasteiger partial charge in [0.1, 0.15) is 0 Å². The Morgan fingerprint density at radius 1 is 1.06 bits per heavy atom. The van der Waals surface area contributed by atoms with Crippen LogP contribution >= 0.6 is 0 Å². The predicted molar refractivity (Wildman–Crippen MR) is 72.0 cm³/mol. The molecule has 2 aromatic carbocycles. The molecular weight excluding hydrogens is 291 g/mol. The van der Waals surface area contributed by atoms with Crippen LogP contribution in [-0.2, 0) is 0 Å². The number of aromatic nitrogens is 1. The maximum atomic E-state index is 12.5. The van der Waals surface area contributed by atoms with Crippen molar-refractivity contribution in [3.63, 3.8) is 0 Å². The third-order valence-corrected chi connectivity index (χ3v) is 5.03. The number of rotatable bonds is 0. The molecule has 2 N–H and O–H groups in total. The zero-order chi connectivity index (χ0) is 12.3. The van der Waals surface area contributed by atoms with Gasteiger partial charge in [-0.15, -0.1) is 0 Å². The summed E-state index contributed by atoms with van der Waals surface area (Å²) in [7, 11) is 0. The van der Waals surface area contributed by atoms with Gasteiger partial charge in [0.05, 0.1) is 0 Å². The van der Waals surface area contributed by atoms with E-state index in [1.54, 1.807) is 0 Å². The number of benzene rings is 2. The Bertz CT molecular complexity index is 820. The molecular formula is C14H8N2OSe. The van der Waals surface area contributed by atoms with E-state index in [-0.39, 0.29) is 20.5 Å². The first-order chi connectivity index (χ1) is 8.77. The van der Waals surface area contributed by atoms with E-state index in [0.29, 0.717) is 16.8 Å². The zero-order valence-corrected chi connectivity index (χ0v) is 11.0. The Morgan fingerprint density at radius 3 is 2.67 bits per heavy atom. The van der Waals surface area contributed by atoms with Crippen molar-refractivity contribution in [2.75, 3.05) is 5.73 Å². The van der Waals surface area contributed by atoms with Gasteiger partial charge in [-0.3, -0.25) is 0 Å². The van der Waals surface area contributed by atoms with Crippen LogP contribution in [0.1, 0.15) is 15.9 Å². The second-order valence-corrected chi connectivity index (χ2v) is 6.00. The Balaban J connectivity index is 2.28. The Labute approximate surface area is 109 Å². The van der Waals surface area contributed by atoms with Crippen LogP contribution in [0.3, 0.4) is 0 Å². The van der Waals surface area contributed by atoms with Crippen LogP contribution in [0.15, 0.2) is 36.4 Å². The number of hydrogen-bond acceptors (Lipinski definition) is 3. The van der Waals surface area contributed by atoms with Crippen molar-refractivity contribution >= 4 is 35.8 Å². The average molecular weight is 299 g/mol. The number of carbonyl (C=O) groups excluding carboxylic acids is 1. The first-order valence-corrected chi connectivity index (χ1v) is 7.21. The molecule has 1 aromatic heterocycles. The molecule has 0 aliphatic heterocycles. The number of anilines is 1. The fourth-order valence-electron chi connectivity index (χ4n) is 2.50. The average Bonchev–Trinajstić information content (AvgIpc) is 2.82. The Morgan fingerprint density at radius 2 is 1.83 bits per heavy atom. The molecule has 0 spiro atoms. The van der Waals surface area contributed by atoms with Crippen LogP contribution in [0, 0.1) is 0 Å². The van der Waals surface area contributed by atoms with Crippen LogP contribution in [0.2, 0.25) is 0 Å². The molecule has 0 saturated heterocycles. The number of carbonyl (C=O) groups is 1. The molecule has 0 atom stereocenters. The van der Waals surface area contributed by atoms with Gasteiger partial charge in [-0.1, -0.05) is 0 Å². The molecule has 1 aliphatic rings. The van der Waals surface area contributed by atoms with Crippen LogP contribution in [0.4, 0.5) is 5.69 Å². The van der Waals surface area contributed by atoms with E-state index < -0.39 is 0 Å². The van der Waals surface area contributed by atoms with Gasteiger partial charge in [-0.05, 0) is 0 Å². The molecule has 3 aromatic rings. The molecule has 1 heterocycles. The van der Waals surface area contributed by atoms with Crippen LogP contribution in [-0.4, -0.2) is 24.5 Å². The summed E-state index contributed by atoms with van der Waals surface area (Å²) < 4.78 is 5.78. The third-order valence-electron chi connectivity index (χ3n) is 3.33. The van der Waals surface area contributed by atoms with Crippen LogP contribution in [0.5, 0.6) is 0 Å². The molecule has 3 nitrogen and oxygen atoms in total. The topological polar surface area (TPSA) is 56.0 Å². The van der Waals surface area contributed by atoms with Gasteiger partial charge in [-0.2, -0.15) is 0 Å². The summed E-state index contributed by atoms with van der Waals surface area (Å²) >= 11 is 0.0604. The van der Waals surface area contributed by atoms with Gasteiger partial charge in [0.2, 0.25) is 0 Å². The monoisotopic (exact) mass is 300 g/mol. The standard InChI is InChI=1S/C14H8N2OSe/c15-9-5-6-10-12-11(9)14(17)8-4-2-1-3-7(8)13(12)16-18-10/h1-6H,15H2. The van der Waals surface area contributed by atoms with Gasteiger partial charge in [0.25, 0.3) is 0 Å². The SMILES string of the molecule is Nc1ccc2[se]nc3c2c1C(=O)c1ccccc1-3. The van der Waals surface area contributed by atoms with E-state index in [1.807, 2.05) is 36.4 Å². The molecule has 1 aliphatic carbocycles. The molecule has 0 bridgehead atoms. The predicted octanol–water partition coefficient (Wildman–Crippen LogP) is 2.09. The molecule has 18 heavy (non-hydrogen) atoms. The number of ketones is 1. The van der Waals surface area contributed by atoms with Gasteiger partial charge >= 0.3 is 109 Å². The fraction of sp³-hybridized carbons (Fsp3) is 0. The van der Waals surface area contributed by atoms with E-state index >= 15 is 0 Å². The molecule has 0 fully saturated rings. The summed E-state index contributed by atoms with van der Waals surface area (Å²) in [5.41, 5.74) is 9.78. The Hall–Kier alpha value is -1.90. The number of nitrogens with zero attached hydrogens (tertiary/aromatic N) is 1. The van der Waals surface area contributed by atoms with Crippen LogP contribution < -0.4 is 5.73 Å². The van der Waals surface area contributed by atoms with Crippen molar-refractivity contribution in [1.82, 2.24) is 3.98 Å². The molecule has 86 valence electrons. The van der Waals surface area contributed by atoms with Crippen molar-refractivity contribution in [3.8, 4) is 11.3 Å². The third kappa shape index (κ3) is 1.09. The second-order valence-electron chi connectivity index (χ2n) is 4.31. The van der Waals surface area contributed by atoms with Gasteiger partial charge < -0.3 is 0 Å². The number of fused-ring (bicyclic) bond motifs is 2. The van der Waals surface area contributed by atoms with E-state index in [1.165, 1.54) is 0 Å². The first kappa shape index (κ1) is 10.1. The minimum atomic E-state index is 0.0246. The second kappa shape index (κ2) is 3.31. The van der Waals surface area contributed by atoms with E-state index in [0.717, 1.165) is 20.9 Å². The van der Waals surface area contributed by atoms with Crippen molar-refractivity contribution < 1.29 is 4.79 Å². The molecule has 0 saturated carbocycles. The van der Waals surface area contributed by atoms with Crippen molar-refractivity contribution in [1.29, 1.82) is 0 Å². The summed E-state index contributed by atoms with van der Waals surface area (Å²) in [4.78, 5) is 12.5. The quantitative estimate of drug-likeness (QED) is 0.399. The number of nitrogen functional groups attached to an aromatic ring is 1. The summed E-state index contributed by atoms with van der Waals surface area (Å²) in [6.45, 7) is 0. The zero-order valence-electron chi connectivity index (χ0n) is 9.31. The normalized spacial score (nSPS) is 12.8. The molecule has 0 amide bonds. The molecule has 0 radical (unpaired) electrons. The minimum absolute atomic E-state index is 0.0246. The van der Waals surface area contributed by atoms with Gasteiger partial charge in [-0.25, -0.2) is 0 Å². The molecule has 4 rings (SSSR count). The number of hydrogen-bond donors (Lipinski definition) is 1. The summed E-state index contributed by atoms with van der Waals surface area (Å²) in [6.07, 6.45) is 0. The molecule has 4 heteroatoms. The van der Waals surface area contributed by atoms with Crippen molar-refractivity contribution in [2.45, 2.75) is 0 Å². The summed E-state index contributed by atoms with van der Waals surface area (Å²) in [6, 6.07) is 11.4. The van der Waals surface area contributed by atoms with Crippen LogP contribution in [0.25, 0.3) is 20.9 Å². The fourth-order valence-corrected chi connectivity index (χ4v) is 4.18. The summed E-state index contributed by atoms with van der Waals surface area (Å²) in [5, 5.41) is 0.971. The van der Waals surface area contributed by atoms with E-state index in [2.05, 4.69) is 3.98 Å². The number of nitrogens with two attached hydrogens (primary N) is 1. The van der Waals surface area contributed by atoms with E-state index in [4.69, 9.17) is 5.73 Å². The summed E-state index contributed by atoms with van der Waals surface area (Å²) in [5.74, 6) is 0.0246. The van der Waals surface area contributed by atoms with Crippen molar-refractivity contribution in [2.24, 2.45) is 0 Å². The molecule has 0 unspecified atom stereocenters. The van der Waals surface area contributed by atoms with Gasteiger partial charge in [0.15, 0.2) is 0 Å². The first-order valence-electron chi connectivity index (χ1n) is 5.59. The van der Waals surface area contributed by atoms with E-state index in [9.17, 15) is 4.79 Å². The maximum absolute atomic E-state index is 12.5.